The molecule has 0 spiro atoms. The summed E-state index contributed by atoms with van der Waals surface area (Å²) in [7, 11) is 3.94. The smallest absolute Gasteiger partial charge is 0.407 e. The quantitative estimate of drug-likeness (QED) is 0.0820. The molecule has 0 aliphatic heterocycles. The van der Waals surface area contributed by atoms with Crippen molar-refractivity contribution in [2.45, 2.75) is 129 Å². The molecule has 0 radical (unpaired) electrons. The average molecular weight is 522 g/mol. The minimum atomic E-state index is -0.370. The van der Waals surface area contributed by atoms with Crippen LogP contribution >= 0.6 is 0 Å². The molecule has 0 saturated carbocycles. The summed E-state index contributed by atoms with van der Waals surface area (Å²) in [5, 5.41) is 2.79. The number of ether oxygens (including phenoxy) is 1. The molecule has 6 nitrogen and oxygen atoms in total. The molecule has 2 atom stereocenters. The van der Waals surface area contributed by atoms with Gasteiger partial charge in [0.15, 0.2) is 0 Å². The number of nitrogens with zero attached hydrogens (tertiary/aromatic N) is 2. The number of alkyl carbamates (subject to hydrolysis) is 1. The van der Waals surface area contributed by atoms with Crippen molar-refractivity contribution >= 4 is 12.5 Å². The van der Waals surface area contributed by atoms with Gasteiger partial charge in [-0.15, -0.1) is 0 Å². The SMILES string of the molecule is CCCCCCCCCCCCCCCCCCN(C=O)C1CC=CCC1COC(=O)NCCN(C)C. The third-order valence-corrected chi connectivity index (χ3v) is 7.62. The van der Waals surface area contributed by atoms with Gasteiger partial charge in [-0.25, -0.2) is 4.79 Å². The predicted octanol–water partition coefficient (Wildman–Crippen LogP) is 7.33. The third kappa shape index (κ3) is 18.4. The van der Waals surface area contributed by atoms with Crippen LogP contribution in [0.25, 0.3) is 0 Å². The Labute approximate surface area is 228 Å². The summed E-state index contributed by atoms with van der Waals surface area (Å²) in [6.07, 6.45) is 28.2. The minimum absolute atomic E-state index is 0.119. The molecule has 216 valence electrons. The highest BCUT2D eigenvalue weighted by Gasteiger charge is 2.28. The van der Waals surface area contributed by atoms with E-state index >= 15 is 0 Å². The zero-order valence-corrected chi connectivity index (χ0v) is 24.6. The zero-order valence-electron chi connectivity index (χ0n) is 24.6. The van der Waals surface area contributed by atoms with E-state index in [2.05, 4.69) is 24.4 Å². The molecule has 2 unspecified atom stereocenters. The van der Waals surface area contributed by atoms with Crippen LogP contribution in [0.1, 0.15) is 122 Å². The molecule has 0 bridgehead atoms. The summed E-state index contributed by atoms with van der Waals surface area (Å²) in [6.45, 7) is 4.78. The fourth-order valence-electron chi connectivity index (χ4n) is 5.20. The molecule has 1 aliphatic carbocycles. The number of likely N-dealkylation sites (N-methyl/N-ethyl adjacent to an activating group) is 1. The zero-order chi connectivity index (χ0) is 27.0. The van der Waals surface area contributed by atoms with E-state index in [9.17, 15) is 9.59 Å². The first-order valence-corrected chi connectivity index (χ1v) is 15.5. The van der Waals surface area contributed by atoms with Crippen LogP contribution in [0.2, 0.25) is 0 Å². The summed E-state index contributed by atoms with van der Waals surface area (Å²) in [5.41, 5.74) is 0. The minimum Gasteiger partial charge on any atom is -0.449 e. The number of carbonyl (C=O) groups is 2. The van der Waals surface area contributed by atoms with Gasteiger partial charge in [0.05, 0.1) is 6.61 Å². The molecule has 1 aliphatic rings. The van der Waals surface area contributed by atoms with Crippen molar-refractivity contribution in [1.29, 1.82) is 0 Å². The van der Waals surface area contributed by atoms with Gasteiger partial charge < -0.3 is 19.9 Å². The number of nitrogens with one attached hydrogen (secondary N) is 1. The summed E-state index contributed by atoms with van der Waals surface area (Å²) in [4.78, 5) is 27.8. The number of hydrogen-bond donors (Lipinski definition) is 1. The maximum absolute atomic E-state index is 12.0. The topological polar surface area (TPSA) is 61.9 Å². The largest absolute Gasteiger partial charge is 0.449 e. The van der Waals surface area contributed by atoms with Gasteiger partial charge in [0.1, 0.15) is 0 Å². The molecular formula is C31H59N3O3. The monoisotopic (exact) mass is 521 g/mol. The van der Waals surface area contributed by atoms with E-state index < -0.39 is 0 Å². The van der Waals surface area contributed by atoms with Crippen LogP contribution in [0.4, 0.5) is 4.79 Å². The highest BCUT2D eigenvalue weighted by molar-refractivity contribution is 5.67. The Bertz CT molecular complexity index is 582. The van der Waals surface area contributed by atoms with E-state index in [1.807, 2.05) is 23.9 Å². The van der Waals surface area contributed by atoms with Crippen LogP contribution in [-0.2, 0) is 9.53 Å². The lowest BCUT2D eigenvalue weighted by atomic mass is 9.88. The molecule has 37 heavy (non-hydrogen) atoms. The van der Waals surface area contributed by atoms with Crippen LogP contribution < -0.4 is 5.32 Å². The highest BCUT2D eigenvalue weighted by atomic mass is 16.5. The number of rotatable bonds is 24. The van der Waals surface area contributed by atoms with E-state index in [4.69, 9.17) is 4.74 Å². The standard InChI is InChI=1S/C31H59N3O3/c1-4-5-6-7-8-9-10-11-12-13-14-15-16-17-18-21-25-34(28-35)30-23-20-19-22-29(30)27-37-31(36)32-24-26-33(2)3/h19-20,28-30H,4-18,21-27H2,1-3H3,(H,32,36). The van der Waals surface area contributed by atoms with Gasteiger partial charge in [0, 0.05) is 31.6 Å². The Hall–Kier alpha value is -1.56. The van der Waals surface area contributed by atoms with Crippen LogP contribution in [0.15, 0.2) is 12.2 Å². The van der Waals surface area contributed by atoms with E-state index in [1.165, 1.54) is 96.3 Å². The number of amides is 2. The lowest BCUT2D eigenvalue weighted by Gasteiger charge is -2.35. The van der Waals surface area contributed by atoms with Gasteiger partial charge in [0.2, 0.25) is 6.41 Å². The maximum Gasteiger partial charge on any atom is 0.407 e. The fourth-order valence-corrected chi connectivity index (χ4v) is 5.20. The summed E-state index contributed by atoms with van der Waals surface area (Å²) < 4.78 is 5.48. The molecule has 0 aromatic heterocycles. The first-order valence-electron chi connectivity index (χ1n) is 15.5. The first kappa shape index (κ1) is 33.5. The third-order valence-electron chi connectivity index (χ3n) is 7.62. The van der Waals surface area contributed by atoms with Crippen LogP contribution in [0.5, 0.6) is 0 Å². The molecule has 1 rings (SSSR count). The molecular weight excluding hydrogens is 462 g/mol. The van der Waals surface area contributed by atoms with Crippen molar-refractivity contribution in [3.8, 4) is 0 Å². The molecule has 6 heteroatoms. The molecule has 0 saturated heterocycles. The normalized spacial score (nSPS) is 17.2. The predicted molar refractivity (Wildman–Crippen MR) is 156 cm³/mol. The van der Waals surface area contributed by atoms with Crippen LogP contribution in [0.3, 0.4) is 0 Å². The Balaban J connectivity index is 2.08. The van der Waals surface area contributed by atoms with Gasteiger partial charge >= 0.3 is 6.09 Å². The Kier molecular flexibility index (Phi) is 21.3. The summed E-state index contributed by atoms with van der Waals surface area (Å²) >= 11 is 0. The van der Waals surface area contributed by atoms with Gasteiger partial charge in [-0.1, -0.05) is 115 Å². The van der Waals surface area contributed by atoms with E-state index in [0.717, 1.165) is 38.8 Å². The molecule has 0 aromatic carbocycles. The van der Waals surface area contributed by atoms with Gasteiger partial charge in [0.25, 0.3) is 0 Å². The number of carbonyl (C=O) groups excluding carboxylic acids is 2. The Morgan fingerprint density at radius 2 is 1.32 bits per heavy atom. The Morgan fingerprint density at radius 1 is 0.811 bits per heavy atom. The van der Waals surface area contributed by atoms with Crippen LogP contribution in [0, 0.1) is 5.92 Å². The molecule has 0 aromatic rings. The van der Waals surface area contributed by atoms with Crippen molar-refractivity contribution in [3.63, 3.8) is 0 Å². The summed E-state index contributed by atoms with van der Waals surface area (Å²) in [5.74, 6) is 0.163. The average Bonchev–Trinajstić information content (AvgIpc) is 2.89. The van der Waals surface area contributed by atoms with Crippen molar-refractivity contribution in [3.05, 3.63) is 12.2 Å². The Morgan fingerprint density at radius 3 is 1.84 bits per heavy atom. The van der Waals surface area contributed by atoms with Crippen molar-refractivity contribution < 1.29 is 14.3 Å². The fraction of sp³-hybridized carbons (Fsp3) is 0.871. The molecule has 2 amide bonds. The van der Waals surface area contributed by atoms with Gasteiger partial charge in [-0.2, -0.15) is 0 Å². The number of unbranched alkanes of at least 4 members (excludes halogenated alkanes) is 15. The highest BCUT2D eigenvalue weighted by Crippen LogP contribution is 2.24. The van der Waals surface area contributed by atoms with Gasteiger partial charge in [-0.05, 0) is 33.4 Å². The van der Waals surface area contributed by atoms with Crippen molar-refractivity contribution in [1.82, 2.24) is 15.1 Å². The number of allylic oxidation sites excluding steroid dienone is 1. The van der Waals surface area contributed by atoms with Gasteiger partial charge in [-0.3, -0.25) is 4.79 Å². The van der Waals surface area contributed by atoms with Crippen molar-refractivity contribution in [2.75, 3.05) is 40.3 Å². The molecule has 0 fully saturated rings. The van der Waals surface area contributed by atoms with Crippen molar-refractivity contribution in [2.24, 2.45) is 5.92 Å². The second-order valence-corrected chi connectivity index (χ2v) is 11.2. The second-order valence-electron chi connectivity index (χ2n) is 11.2. The lowest BCUT2D eigenvalue weighted by molar-refractivity contribution is -0.121. The number of hydrogen-bond acceptors (Lipinski definition) is 4. The van der Waals surface area contributed by atoms with E-state index in [0.29, 0.717) is 13.2 Å². The lowest BCUT2D eigenvalue weighted by Crippen LogP contribution is -2.43. The summed E-state index contributed by atoms with van der Waals surface area (Å²) in [6, 6.07) is 0.119. The molecule has 1 N–H and O–H groups in total. The van der Waals surface area contributed by atoms with E-state index in [1.54, 1.807) is 0 Å². The molecule has 0 heterocycles. The van der Waals surface area contributed by atoms with E-state index in [-0.39, 0.29) is 18.1 Å². The maximum atomic E-state index is 12.0. The van der Waals surface area contributed by atoms with Crippen LogP contribution in [-0.4, -0.2) is 68.7 Å². The first-order chi connectivity index (χ1) is 18.1. The second kappa shape index (κ2) is 23.5.